The summed E-state index contributed by atoms with van der Waals surface area (Å²) in [7, 11) is -3.00. The van der Waals surface area contributed by atoms with Crippen molar-refractivity contribution < 1.29 is 13.6 Å². The molecule has 0 aromatic heterocycles. The summed E-state index contributed by atoms with van der Waals surface area (Å²) in [5.74, 6) is 0. The lowest BCUT2D eigenvalue weighted by Gasteiger charge is -2.17. The highest BCUT2D eigenvalue weighted by atomic mass is 31.2. The van der Waals surface area contributed by atoms with E-state index in [-0.39, 0.29) is 0 Å². The number of rotatable bonds is 7. The molecule has 17 heavy (non-hydrogen) atoms. The molecule has 0 aliphatic rings. The van der Waals surface area contributed by atoms with E-state index in [9.17, 15) is 4.57 Å². The second kappa shape index (κ2) is 6.92. The van der Waals surface area contributed by atoms with Gasteiger partial charge in [-0.3, -0.25) is 4.57 Å². The van der Waals surface area contributed by atoms with E-state index in [2.05, 4.69) is 0 Å². The van der Waals surface area contributed by atoms with E-state index in [0.717, 1.165) is 11.1 Å². The smallest absolute Gasteiger partial charge is 0.326 e. The third kappa shape index (κ3) is 4.60. The summed E-state index contributed by atoms with van der Waals surface area (Å²) in [5.41, 5.74) is 7.51. The molecule has 5 heteroatoms. The zero-order chi connectivity index (χ0) is 12.7. The average molecular weight is 257 g/mol. The van der Waals surface area contributed by atoms with Crippen molar-refractivity contribution >= 4 is 7.60 Å². The summed E-state index contributed by atoms with van der Waals surface area (Å²) in [5, 5.41) is 0. The van der Waals surface area contributed by atoms with Crippen LogP contribution >= 0.6 is 7.60 Å². The van der Waals surface area contributed by atoms with Gasteiger partial charge in [0.25, 0.3) is 0 Å². The van der Waals surface area contributed by atoms with Gasteiger partial charge in [0.2, 0.25) is 0 Å². The van der Waals surface area contributed by atoms with Gasteiger partial charge in [0.05, 0.1) is 19.4 Å². The van der Waals surface area contributed by atoms with Crippen molar-refractivity contribution in [3.8, 4) is 0 Å². The van der Waals surface area contributed by atoms with Crippen LogP contribution in [0.2, 0.25) is 0 Å². The Hall–Kier alpha value is -0.670. The topological polar surface area (TPSA) is 61.5 Å². The lowest BCUT2D eigenvalue weighted by atomic mass is 10.1. The Morgan fingerprint density at radius 1 is 1.06 bits per heavy atom. The second-order valence-electron chi connectivity index (χ2n) is 3.63. The van der Waals surface area contributed by atoms with Crippen LogP contribution in [0.5, 0.6) is 0 Å². The van der Waals surface area contributed by atoms with Crippen LogP contribution in [-0.4, -0.2) is 13.2 Å². The minimum Gasteiger partial charge on any atom is -0.326 e. The predicted octanol–water partition coefficient (Wildman–Crippen LogP) is 2.91. The summed E-state index contributed by atoms with van der Waals surface area (Å²) in [6.07, 6.45) is 0.305. The number of nitrogens with two attached hydrogens (primary N) is 1. The van der Waals surface area contributed by atoms with Gasteiger partial charge in [-0.25, -0.2) is 0 Å². The summed E-state index contributed by atoms with van der Waals surface area (Å²) in [4.78, 5) is 0. The first kappa shape index (κ1) is 14.4. The van der Waals surface area contributed by atoms with Crippen LogP contribution in [0, 0.1) is 0 Å². The molecule has 0 radical (unpaired) electrons. The van der Waals surface area contributed by atoms with Crippen molar-refractivity contribution in [1.29, 1.82) is 0 Å². The van der Waals surface area contributed by atoms with E-state index in [1.807, 2.05) is 38.1 Å². The number of hydrogen-bond acceptors (Lipinski definition) is 4. The molecule has 4 nitrogen and oxygen atoms in total. The van der Waals surface area contributed by atoms with Crippen molar-refractivity contribution in [3.05, 3.63) is 35.4 Å². The minimum atomic E-state index is -3.00. The van der Waals surface area contributed by atoms with Crippen LogP contribution in [0.4, 0.5) is 0 Å². The van der Waals surface area contributed by atoms with Gasteiger partial charge in [0.1, 0.15) is 0 Å². The van der Waals surface area contributed by atoms with Crippen molar-refractivity contribution in [2.24, 2.45) is 5.73 Å². The maximum Gasteiger partial charge on any atom is 0.335 e. The van der Waals surface area contributed by atoms with Crippen LogP contribution in [0.25, 0.3) is 0 Å². The molecular formula is C12H20NO3P. The Balaban J connectivity index is 2.75. The Kier molecular flexibility index (Phi) is 5.86. The van der Waals surface area contributed by atoms with Gasteiger partial charge in [-0.15, -0.1) is 0 Å². The van der Waals surface area contributed by atoms with Gasteiger partial charge in [-0.2, -0.15) is 0 Å². The Morgan fingerprint density at radius 3 is 1.94 bits per heavy atom. The third-order valence-electron chi connectivity index (χ3n) is 2.29. The zero-order valence-corrected chi connectivity index (χ0v) is 11.3. The SMILES string of the molecule is CCOP(=O)(Cc1ccc(CN)cc1)OCC. The van der Waals surface area contributed by atoms with Crippen molar-refractivity contribution in [1.82, 2.24) is 0 Å². The third-order valence-corrected chi connectivity index (χ3v) is 4.34. The Bertz CT molecular complexity index is 368. The minimum absolute atomic E-state index is 0.305. The zero-order valence-electron chi connectivity index (χ0n) is 10.4. The molecule has 0 saturated carbocycles. The molecule has 1 rings (SSSR count). The maximum atomic E-state index is 12.3. The highest BCUT2D eigenvalue weighted by Gasteiger charge is 2.23. The fourth-order valence-electron chi connectivity index (χ4n) is 1.53. The van der Waals surface area contributed by atoms with Crippen LogP contribution in [-0.2, 0) is 26.3 Å². The molecule has 96 valence electrons. The molecule has 1 aromatic carbocycles. The van der Waals surface area contributed by atoms with E-state index in [1.165, 1.54) is 0 Å². The standard InChI is InChI=1S/C12H20NO3P/c1-3-15-17(14,16-4-2)10-12-7-5-11(9-13)6-8-12/h5-8H,3-4,9-10,13H2,1-2H3. The molecule has 0 saturated heterocycles. The molecule has 0 heterocycles. The predicted molar refractivity (Wildman–Crippen MR) is 68.9 cm³/mol. The summed E-state index contributed by atoms with van der Waals surface area (Å²) >= 11 is 0. The monoisotopic (exact) mass is 257 g/mol. The molecule has 0 unspecified atom stereocenters. The number of hydrogen-bond donors (Lipinski definition) is 1. The largest absolute Gasteiger partial charge is 0.335 e. The molecule has 0 atom stereocenters. The van der Waals surface area contributed by atoms with Crippen LogP contribution in [0.15, 0.2) is 24.3 Å². The van der Waals surface area contributed by atoms with Gasteiger partial charge in [0.15, 0.2) is 0 Å². The van der Waals surface area contributed by atoms with Crippen molar-refractivity contribution in [2.45, 2.75) is 26.6 Å². The lowest BCUT2D eigenvalue weighted by molar-refractivity contribution is 0.219. The van der Waals surface area contributed by atoms with Crippen LogP contribution < -0.4 is 5.73 Å². The first-order chi connectivity index (χ1) is 8.13. The quantitative estimate of drug-likeness (QED) is 0.763. The molecule has 0 spiro atoms. The van der Waals surface area contributed by atoms with E-state index in [0.29, 0.717) is 25.9 Å². The summed E-state index contributed by atoms with van der Waals surface area (Å²) < 4.78 is 22.7. The fourth-order valence-corrected chi connectivity index (χ4v) is 3.23. The van der Waals surface area contributed by atoms with E-state index >= 15 is 0 Å². The molecular weight excluding hydrogens is 237 g/mol. The fraction of sp³-hybridized carbons (Fsp3) is 0.500. The lowest BCUT2D eigenvalue weighted by Crippen LogP contribution is -2.00. The highest BCUT2D eigenvalue weighted by Crippen LogP contribution is 2.51. The van der Waals surface area contributed by atoms with Gasteiger partial charge in [0, 0.05) is 6.54 Å². The Labute approximate surface area is 103 Å². The maximum absolute atomic E-state index is 12.3. The van der Waals surface area contributed by atoms with Gasteiger partial charge in [-0.1, -0.05) is 24.3 Å². The van der Waals surface area contributed by atoms with Crippen molar-refractivity contribution in [3.63, 3.8) is 0 Å². The van der Waals surface area contributed by atoms with E-state index in [1.54, 1.807) is 0 Å². The summed E-state index contributed by atoms with van der Waals surface area (Å²) in [6.45, 7) is 4.90. The van der Waals surface area contributed by atoms with Crippen LogP contribution in [0.3, 0.4) is 0 Å². The van der Waals surface area contributed by atoms with E-state index in [4.69, 9.17) is 14.8 Å². The molecule has 0 aliphatic carbocycles. The first-order valence-electron chi connectivity index (χ1n) is 5.79. The molecule has 0 aliphatic heterocycles. The van der Waals surface area contributed by atoms with E-state index < -0.39 is 7.60 Å². The first-order valence-corrected chi connectivity index (χ1v) is 7.52. The molecule has 1 aromatic rings. The van der Waals surface area contributed by atoms with Crippen LogP contribution in [0.1, 0.15) is 25.0 Å². The van der Waals surface area contributed by atoms with Gasteiger partial charge in [-0.05, 0) is 25.0 Å². The Morgan fingerprint density at radius 2 is 1.53 bits per heavy atom. The van der Waals surface area contributed by atoms with Gasteiger partial charge < -0.3 is 14.8 Å². The molecule has 0 bridgehead atoms. The number of benzene rings is 1. The highest BCUT2D eigenvalue weighted by molar-refractivity contribution is 7.53. The normalized spacial score (nSPS) is 11.7. The summed E-state index contributed by atoms with van der Waals surface area (Å²) in [6, 6.07) is 7.68. The molecule has 2 N–H and O–H groups in total. The molecule has 0 fully saturated rings. The second-order valence-corrected chi connectivity index (χ2v) is 5.68. The van der Waals surface area contributed by atoms with Gasteiger partial charge >= 0.3 is 7.60 Å². The average Bonchev–Trinajstić information content (AvgIpc) is 2.30. The molecule has 0 amide bonds. The van der Waals surface area contributed by atoms with Crippen molar-refractivity contribution in [2.75, 3.05) is 13.2 Å².